The van der Waals surface area contributed by atoms with E-state index in [-0.39, 0.29) is 11.8 Å². The van der Waals surface area contributed by atoms with Crippen molar-refractivity contribution in [3.05, 3.63) is 258 Å². The highest BCUT2D eigenvalue weighted by molar-refractivity contribution is 6.12. The molecule has 2 atom stereocenters. The van der Waals surface area contributed by atoms with E-state index in [9.17, 15) is 0 Å². The van der Waals surface area contributed by atoms with Gasteiger partial charge in [0, 0.05) is 28.3 Å². The molecule has 0 N–H and O–H groups in total. The van der Waals surface area contributed by atoms with Gasteiger partial charge in [0.2, 0.25) is 0 Å². The molecule has 0 radical (unpaired) electrons. The molecule has 1 aromatic heterocycles. The van der Waals surface area contributed by atoms with Gasteiger partial charge >= 0.3 is 0 Å². The fourth-order valence-electron chi connectivity index (χ4n) is 10.8. The van der Waals surface area contributed by atoms with Crippen LogP contribution >= 0.6 is 0 Å². The third-order valence-corrected chi connectivity index (χ3v) is 13.6. The molecule has 11 aromatic rings. The first kappa shape index (κ1) is 34.2. The van der Waals surface area contributed by atoms with E-state index in [0.717, 1.165) is 5.69 Å². The summed E-state index contributed by atoms with van der Waals surface area (Å²) < 4.78 is 2.48. The molecule has 13 rings (SSSR count). The maximum Gasteiger partial charge on any atom is 0.0547 e. The van der Waals surface area contributed by atoms with Crippen LogP contribution in [0.2, 0.25) is 0 Å². The van der Waals surface area contributed by atoms with Crippen LogP contribution in [0.1, 0.15) is 45.2 Å². The standard InChI is InChI=1S/C60H39N/c1-3-14-38(15-4-1)39-26-30-44(31-27-39)61-57-33-29-43(35-54(57)55-36-56-53(37-58(55)61)46-21-9-11-23-49(46)59(56)41-17-5-2-6-18-41)42-28-32-51-52(34-42)47-22-10-12-24-50(47)60(51)48-25-13-19-40-16-7-8-20-45(40)48/h1-37,59-60H. The van der Waals surface area contributed by atoms with E-state index in [1.807, 2.05) is 0 Å². The van der Waals surface area contributed by atoms with Crippen molar-refractivity contribution in [1.82, 2.24) is 4.57 Å². The minimum atomic E-state index is 0.176. The highest BCUT2D eigenvalue weighted by Crippen LogP contribution is 2.52. The lowest BCUT2D eigenvalue weighted by molar-refractivity contribution is 1.02. The van der Waals surface area contributed by atoms with Gasteiger partial charge in [-0.3, -0.25) is 0 Å². The van der Waals surface area contributed by atoms with Gasteiger partial charge in [-0.1, -0.05) is 182 Å². The summed E-state index contributed by atoms with van der Waals surface area (Å²) in [6.07, 6.45) is 0. The minimum Gasteiger partial charge on any atom is -0.309 e. The van der Waals surface area contributed by atoms with Gasteiger partial charge in [-0.15, -0.1) is 0 Å². The van der Waals surface area contributed by atoms with Gasteiger partial charge in [-0.2, -0.15) is 0 Å². The van der Waals surface area contributed by atoms with Crippen LogP contribution < -0.4 is 0 Å². The normalized spacial score (nSPS) is 14.9. The van der Waals surface area contributed by atoms with Crippen molar-refractivity contribution in [2.24, 2.45) is 0 Å². The quantitative estimate of drug-likeness (QED) is 0.164. The van der Waals surface area contributed by atoms with Crippen molar-refractivity contribution in [2.45, 2.75) is 11.8 Å². The van der Waals surface area contributed by atoms with Crippen LogP contribution in [0.15, 0.2) is 224 Å². The molecule has 2 aliphatic carbocycles. The number of aromatic nitrogens is 1. The van der Waals surface area contributed by atoms with Crippen molar-refractivity contribution in [2.75, 3.05) is 0 Å². The van der Waals surface area contributed by atoms with Crippen molar-refractivity contribution in [3.8, 4) is 50.2 Å². The Morgan fingerprint density at radius 3 is 1.64 bits per heavy atom. The molecule has 2 unspecified atom stereocenters. The summed E-state index contributed by atoms with van der Waals surface area (Å²) in [5.41, 5.74) is 22.0. The molecule has 0 saturated carbocycles. The van der Waals surface area contributed by atoms with E-state index in [0.29, 0.717) is 0 Å². The molecular formula is C60H39N. The lowest BCUT2D eigenvalue weighted by Crippen LogP contribution is -2.00. The molecule has 0 fully saturated rings. The van der Waals surface area contributed by atoms with Crippen LogP contribution in [0.3, 0.4) is 0 Å². The third-order valence-electron chi connectivity index (χ3n) is 13.6. The second-order valence-electron chi connectivity index (χ2n) is 16.8. The van der Waals surface area contributed by atoms with Crippen LogP contribution in [0.25, 0.3) is 82.8 Å². The predicted octanol–water partition coefficient (Wildman–Crippen LogP) is 15.6. The minimum absolute atomic E-state index is 0.176. The van der Waals surface area contributed by atoms with Crippen molar-refractivity contribution in [3.63, 3.8) is 0 Å². The molecule has 10 aromatic carbocycles. The zero-order valence-corrected chi connectivity index (χ0v) is 33.5. The number of hydrogen-bond acceptors (Lipinski definition) is 0. The van der Waals surface area contributed by atoms with Crippen molar-refractivity contribution in [1.29, 1.82) is 0 Å². The average molecular weight is 774 g/mol. The SMILES string of the molecule is c1ccc(-c2ccc(-n3c4ccc(-c5ccc6c(c5)-c5ccccc5C6c5cccc6ccccc56)cc4c4cc5c(cc43)-c3ccccc3C5c3ccccc3)cc2)cc1. The molecule has 1 heterocycles. The maximum absolute atomic E-state index is 2.51. The molecule has 2 aliphatic rings. The van der Waals surface area contributed by atoms with Gasteiger partial charge in [0.25, 0.3) is 0 Å². The summed E-state index contributed by atoms with van der Waals surface area (Å²) in [6, 6.07) is 83.7. The first-order valence-electron chi connectivity index (χ1n) is 21.4. The Morgan fingerprint density at radius 1 is 0.279 bits per heavy atom. The second-order valence-corrected chi connectivity index (χ2v) is 16.8. The zero-order chi connectivity index (χ0) is 40.0. The predicted molar refractivity (Wildman–Crippen MR) is 255 cm³/mol. The number of hydrogen-bond donors (Lipinski definition) is 0. The molecule has 0 saturated heterocycles. The summed E-state index contributed by atoms with van der Waals surface area (Å²) in [7, 11) is 0. The van der Waals surface area contributed by atoms with E-state index in [2.05, 4.69) is 229 Å². The number of benzene rings is 10. The van der Waals surface area contributed by atoms with Crippen LogP contribution in [-0.4, -0.2) is 4.57 Å². The number of nitrogens with zero attached hydrogens (tertiary/aromatic N) is 1. The van der Waals surface area contributed by atoms with E-state index in [1.54, 1.807) is 0 Å². The Kier molecular flexibility index (Phi) is 7.50. The first-order chi connectivity index (χ1) is 30.3. The van der Waals surface area contributed by atoms with Gasteiger partial charge in [-0.25, -0.2) is 0 Å². The first-order valence-corrected chi connectivity index (χ1v) is 21.4. The Morgan fingerprint density at radius 2 is 0.836 bits per heavy atom. The third kappa shape index (κ3) is 5.20. The van der Waals surface area contributed by atoms with E-state index in [4.69, 9.17) is 0 Å². The maximum atomic E-state index is 2.51. The molecular weight excluding hydrogens is 735 g/mol. The molecule has 1 heteroatoms. The highest BCUT2D eigenvalue weighted by atomic mass is 15.0. The summed E-state index contributed by atoms with van der Waals surface area (Å²) in [4.78, 5) is 0. The molecule has 284 valence electrons. The summed E-state index contributed by atoms with van der Waals surface area (Å²) in [5, 5.41) is 5.15. The van der Waals surface area contributed by atoms with Crippen LogP contribution in [0.5, 0.6) is 0 Å². The fourth-order valence-corrected chi connectivity index (χ4v) is 10.8. The molecule has 1 nitrogen and oxygen atoms in total. The van der Waals surface area contributed by atoms with Gasteiger partial charge in [-0.05, 0) is 131 Å². The molecule has 61 heavy (non-hydrogen) atoms. The molecule has 0 bridgehead atoms. The van der Waals surface area contributed by atoms with E-state index >= 15 is 0 Å². The van der Waals surface area contributed by atoms with Crippen LogP contribution in [0.4, 0.5) is 0 Å². The fraction of sp³-hybridized carbons (Fsp3) is 0.0333. The highest BCUT2D eigenvalue weighted by Gasteiger charge is 2.33. The van der Waals surface area contributed by atoms with Gasteiger partial charge in [0.15, 0.2) is 0 Å². The molecule has 0 amide bonds. The van der Waals surface area contributed by atoms with Gasteiger partial charge in [0.05, 0.1) is 11.0 Å². The largest absolute Gasteiger partial charge is 0.309 e. The molecule has 0 aliphatic heterocycles. The van der Waals surface area contributed by atoms with Crippen molar-refractivity contribution >= 4 is 32.6 Å². The Balaban J connectivity index is 1.01. The second kappa shape index (κ2) is 13.4. The lowest BCUT2D eigenvalue weighted by Gasteiger charge is -2.17. The van der Waals surface area contributed by atoms with Crippen LogP contribution in [0, 0.1) is 0 Å². The van der Waals surface area contributed by atoms with Crippen molar-refractivity contribution < 1.29 is 0 Å². The average Bonchev–Trinajstić information content (AvgIpc) is 3.96. The monoisotopic (exact) mass is 773 g/mol. The molecule has 0 spiro atoms. The zero-order valence-electron chi connectivity index (χ0n) is 33.5. The Bertz CT molecular complexity index is 3510. The number of rotatable bonds is 5. The lowest BCUT2D eigenvalue weighted by atomic mass is 9.86. The smallest absolute Gasteiger partial charge is 0.0547 e. The van der Waals surface area contributed by atoms with E-state index in [1.165, 1.54) is 110 Å². The summed E-state index contributed by atoms with van der Waals surface area (Å²) in [5.74, 6) is 0.360. The van der Waals surface area contributed by atoms with Gasteiger partial charge < -0.3 is 4.57 Å². The topological polar surface area (TPSA) is 4.93 Å². The van der Waals surface area contributed by atoms with Crippen LogP contribution in [-0.2, 0) is 0 Å². The Labute approximate surface area is 355 Å². The summed E-state index contributed by atoms with van der Waals surface area (Å²) >= 11 is 0. The van der Waals surface area contributed by atoms with E-state index < -0.39 is 0 Å². The summed E-state index contributed by atoms with van der Waals surface area (Å²) in [6.45, 7) is 0. The number of fused-ring (bicyclic) bond motifs is 10. The van der Waals surface area contributed by atoms with Gasteiger partial charge in [0.1, 0.15) is 0 Å². The Hall–Kier alpha value is -7.74.